The van der Waals surface area contributed by atoms with E-state index < -0.39 is 0 Å². The second kappa shape index (κ2) is 7.00. The van der Waals surface area contributed by atoms with Gasteiger partial charge in [-0.2, -0.15) is 0 Å². The standard InChI is InChI=1S/C14H28N2O/c1-4-5-11-6-8-12(9-7-11)16-14(17)13(15)10(2)3/h10-13H,4-9,15H2,1-3H3,(H,16,17). The first kappa shape index (κ1) is 14.5. The summed E-state index contributed by atoms with van der Waals surface area (Å²) in [6.45, 7) is 6.22. The van der Waals surface area contributed by atoms with E-state index in [0.29, 0.717) is 6.04 Å². The van der Waals surface area contributed by atoms with Crippen molar-refractivity contribution in [1.29, 1.82) is 0 Å². The van der Waals surface area contributed by atoms with Crippen LogP contribution in [0.4, 0.5) is 0 Å². The summed E-state index contributed by atoms with van der Waals surface area (Å²) < 4.78 is 0. The van der Waals surface area contributed by atoms with Gasteiger partial charge in [-0.3, -0.25) is 4.79 Å². The number of nitrogens with one attached hydrogen (secondary N) is 1. The van der Waals surface area contributed by atoms with Crippen LogP contribution in [0.25, 0.3) is 0 Å². The Morgan fingerprint density at radius 1 is 1.29 bits per heavy atom. The molecule has 1 aliphatic carbocycles. The van der Waals surface area contributed by atoms with Crippen molar-refractivity contribution in [1.82, 2.24) is 5.32 Å². The van der Waals surface area contributed by atoms with Crippen molar-refractivity contribution >= 4 is 5.91 Å². The van der Waals surface area contributed by atoms with E-state index in [9.17, 15) is 4.79 Å². The van der Waals surface area contributed by atoms with E-state index in [1.807, 2.05) is 13.8 Å². The molecule has 0 radical (unpaired) electrons. The lowest BCUT2D eigenvalue weighted by Gasteiger charge is -2.30. The van der Waals surface area contributed by atoms with Gasteiger partial charge < -0.3 is 11.1 Å². The Morgan fingerprint density at radius 2 is 1.88 bits per heavy atom. The Kier molecular flexibility index (Phi) is 5.96. The van der Waals surface area contributed by atoms with Crippen molar-refractivity contribution < 1.29 is 4.79 Å². The molecule has 0 bridgehead atoms. The molecule has 1 rings (SSSR count). The highest BCUT2D eigenvalue weighted by molar-refractivity contribution is 5.82. The Bertz CT molecular complexity index is 232. The molecule has 0 aromatic carbocycles. The van der Waals surface area contributed by atoms with Crippen LogP contribution in [0.5, 0.6) is 0 Å². The molecule has 1 unspecified atom stereocenters. The molecule has 1 atom stereocenters. The largest absolute Gasteiger partial charge is 0.352 e. The fraction of sp³-hybridized carbons (Fsp3) is 0.929. The lowest BCUT2D eigenvalue weighted by atomic mass is 9.83. The van der Waals surface area contributed by atoms with E-state index in [2.05, 4.69) is 12.2 Å². The molecule has 1 saturated carbocycles. The number of hydrogen-bond acceptors (Lipinski definition) is 2. The first-order chi connectivity index (χ1) is 8.04. The Labute approximate surface area is 106 Å². The van der Waals surface area contributed by atoms with Crippen molar-refractivity contribution in [3.05, 3.63) is 0 Å². The minimum atomic E-state index is -0.358. The summed E-state index contributed by atoms with van der Waals surface area (Å²) in [6.07, 6.45) is 7.39. The summed E-state index contributed by atoms with van der Waals surface area (Å²) in [5.41, 5.74) is 5.84. The molecule has 0 aliphatic heterocycles. The number of nitrogens with two attached hydrogens (primary N) is 1. The van der Waals surface area contributed by atoms with Gasteiger partial charge in [0.15, 0.2) is 0 Å². The van der Waals surface area contributed by atoms with Crippen LogP contribution < -0.4 is 11.1 Å². The summed E-state index contributed by atoms with van der Waals surface area (Å²) >= 11 is 0. The maximum Gasteiger partial charge on any atom is 0.237 e. The molecule has 0 saturated heterocycles. The van der Waals surface area contributed by atoms with Crippen molar-refractivity contribution in [3.8, 4) is 0 Å². The van der Waals surface area contributed by atoms with Crippen molar-refractivity contribution in [2.24, 2.45) is 17.6 Å². The highest BCUT2D eigenvalue weighted by Crippen LogP contribution is 2.27. The van der Waals surface area contributed by atoms with Gasteiger partial charge >= 0.3 is 0 Å². The molecular formula is C14H28N2O. The van der Waals surface area contributed by atoms with Gasteiger partial charge in [-0.15, -0.1) is 0 Å². The fourth-order valence-corrected chi connectivity index (χ4v) is 2.60. The second-order valence-electron chi connectivity index (χ2n) is 5.78. The summed E-state index contributed by atoms with van der Waals surface area (Å²) in [6, 6.07) is 0.00349. The van der Waals surface area contributed by atoms with Crippen LogP contribution in [0.15, 0.2) is 0 Å². The molecule has 1 amide bonds. The van der Waals surface area contributed by atoms with Crippen LogP contribution >= 0.6 is 0 Å². The van der Waals surface area contributed by atoms with Crippen molar-refractivity contribution in [2.45, 2.75) is 71.4 Å². The van der Waals surface area contributed by atoms with E-state index in [0.717, 1.165) is 18.8 Å². The van der Waals surface area contributed by atoms with E-state index >= 15 is 0 Å². The van der Waals surface area contributed by atoms with Gasteiger partial charge in [0.1, 0.15) is 0 Å². The third-order valence-corrected chi connectivity index (χ3v) is 3.91. The average Bonchev–Trinajstić information content (AvgIpc) is 2.30. The number of carbonyl (C=O) groups excluding carboxylic acids is 1. The molecule has 1 aliphatic rings. The molecule has 0 spiro atoms. The number of amides is 1. The first-order valence-electron chi connectivity index (χ1n) is 7.10. The molecular weight excluding hydrogens is 212 g/mol. The maximum absolute atomic E-state index is 11.8. The van der Waals surface area contributed by atoms with Gasteiger partial charge in [-0.25, -0.2) is 0 Å². The molecule has 0 aromatic rings. The van der Waals surface area contributed by atoms with E-state index in [4.69, 9.17) is 5.73 Å². The number of carbonyl (C=O) groups is 1. The summed E-state index contributed by atoms with van der Waals surface area (Å²) in [5.74, 6) is 1.12. The predicted octanol–water partition coefficient (Wildman–Crippen LogP) is 2.44. The predicted molar refractivity (Wildman–Crippen MR) is 71.6 cm³/mol. The smallest absolute Gasteiger partial charge is 0.237 e. The molecule has 1 fully saturated rings. The third kappa shape index (κ3) is 4.66. The maximum atomic E-state index is 11.8. The summed E-state index contributed by atoms with van der Waals surface area (Å²) in [7, 11) is 0. The summed E-state index contributed by atoms with van der Waals surface area (Å²) in [5, 5.41) is 3.10. The van der Waals surface area contributed by atoms with Crippen molar-refractivity contribution in [3.63, 3.8) is 0 Å². The van der Waals surface area contributed by atoms with Gasteiger partial charge in [0.25, 0.3) is 0 Å². The third-order valence-electron chi connectivity index (χ3n) is 3.91. The highest BCUT2D eigenvalue weighted by atomic mass is 16.2. The summed E-state index contributed by atoms with van der Waals surface area (Å²) in [4.78, 5) is 11.8. The molecule has 17 heavy (non-hydrogen) atoms. The lowest BCUT2D eigenvalue weighted by Crippen LogP contribution is -2.48. The zero-order chi connectivity index (χ0) is 12.8. The Hall–Kier alpha value is -0.570. The monoisotopic (exact) mass is 240 g/mol. The van der Waals surface area contributed by atoms with E-state index in [1.54, 1.807) is 0 Å². The minimum Gasteiger partial charge on any atom is -0.352 e. The van der Waals surface area contributed by atoms with Crippen LogP contribution in [0.3, 0.4) is 0 Å². The second-order valence-corrected chi connectivity index (χ2v) is 5.78. The molecule has 3 N–H and O–H groups in total. The average molecular weight is 240 g/mol. The number of hydrogen-bond donors (Lipinski definition) is 2. The lowest BCUT2D eigenvalue weighted by molar-refractivity contribution is -0.124. The van der Waals surface area contributed by atoms with Crippen molar-refractivity contribution in [2.75, 3.05) is 0 Å². The fourth-order valence-electron chi connectivity index (χ4n) is 2.60. The zero-order valence-electron chi connectivity index (χ0n) is 11.5. The number of rotatable bonds is 5. The van der Waals surface area contributed by atoms with Gasteiger partial charge in [-0.05, 0) is 37.5 Å². The molecule has 3 heteroatoms. The molecule has 3 nitrogen and oxygen atoms in total. The Morgan fingerprint density at radius 3 is 2.35 bits per heavy atom. The molecule has 0 heterocycles. The van der Waals surface area contributed by atoms with E-state index in [-0.39, 0.29) is 17.9 Å². The first-order valence-corrected chi connectivity index (χ1v) is 7.10. The van der Waals surface area contributed by atoms with Crippen LogP contribution in [-0.2, 0) is 4.79 Å². The van der Waals surface area contributed by atoms with E-state index in [1.165, 1.54) is 25.7 Å². The van der Waals surface area contributed by atoms with Crippen LogP contribution in [0.2, 0.25) is 0 Å². The van der Waals surface area contributed by atoms with Crippen LogP contribution in [0.1, 0.15) is 59.3 Å². The van der Waals surface area contributed by atoms with Gasteiger partial charge in [0, 0.05) is 6.04 Å². The molecule has 100 valence electrons. The van der Waals surface area contributed by atoms with Gasteiger partial charge in [-0.1, -0.05) is 33.6 Å². The zero-order valence-corrected chi connectivity index (χ0v) is 11.5. The Balaban J connectivity index is 2.28. The van der Waals surface area contributed by atoms with Gasteiger partial charge in [0.2, 0.25) is 5.91 Å². The van der Waals surface area contributed by atoms with Crippen LogP contribution in [-0.4, -0.2) is 18.0 Å². The van der Waals surface area contributed by atoms with Crippen LogP contribution in [0, 0.1) is 11.8 Å². The molecule has 0 aromatic heterocycles. The quantitative estimate of drug-likeness (QED) is 0.775. The highest BCUT2D eigenvalue weighted by Gasteiger charge is 2.24. The van der Waals surface area contributed by atoms with Gasteiger partial charge in [0.05, 0.1) is 6.04 Å². The SMILES string of the molecule is CCCC1CCC(NC(=O)C(N)C(C)C)CC1. The normalized spacial score (nSPS) is 26.9. The topological polar surface area (TPSA) is 55.1 Å². The minimum absolute atomic E-state index is 0.0268.